The number of aryl methyl sites for hydroxylation is 1. The molecule has 2 rings (SSSR count). The van der Waals surface area contributed by atoms with Crippen LogP contribution < -0.4 is 0 Å². The lowest BCUT2D eigenvalue weighted by molar-refractivity contribution is -0.105. The van der Waals surface area contributed by atoms with Gasteiger partial charge in [0.2, 0.25) is 0 Å². The maximum Gasteiger partial charge on any atom is 0.111 e. The molecule has 1 unspecified atom stereocenters. The van der Waals surface area contributed by atoms with Crippen molar-refractivity contribution in [2.75, 3.05) is 0 Å². The van der Waals surface area contributed by atoms with E-state index in [1.807, 2.05) is 13.1 Å². The lowest BCUT2D eigenvalue weighted by atomic mass is 9.75. The molecule has 4 nitrogen and oxygen atoms in total. The van der Waals surface area contributed by atoms with Crippen molar-refractivity contribution in [2.45, 2.75) is 57.8 Å². The Labute approximate surface area is 102 Å². The lowest BCUT2D eigenvalue weighted by Crippen LogP contribution is -2.39. The van der Waals surface area contributed by atoms with Gasteiger partial charge in [-0.15, -0.1) is 0 Å². The van der Waals surface area contributed by atoms with Crippen molar-refractivity contribution in [3.05, 3.63) is 18.0 Å². The summed E-state index contributed by atoms with van der Waals surface area (Å²) in [4.78, 5) is 0. The summed E-state index contributed by atoms with van der Waals surface area (Å²) in [5, 5.41) is 24.9. The van der Waals surface area contributed by atoms with E-state index in [0.29, 0.717) is 18.8 Å². The van der Waals surface area contributed by atoms with Crippen LogP contribution in [0.3, 0.4) is 0 Å². The molecule has 17 heavy (non-hydrogen) atoms. The molecule has 0 bridgehead atoms. The van der Waals surface area contributed by atoms with Crippen LogP contribution in [0, 0.1) is 5.92 Å². The van der Waals surface area contributed by atoms with Crippen LogP contribution in [-0.2, 0) is 6.54 Å². The first kappa shape index (κ1) is 12.6. The molecule has 0 amide bonds. The minimum absolute atomic E-state index is 0.654. The molecule has 0 saturated heterocycles. The van der Waals surface area contributed by atoms with E-state index in [9.17, 15) is 10.2 Å². The third-order valence-corrected chi connectivity index (χ3v) is 3.94. The van der Waals surface area contributed by atoms with E-state index in [2.05, 4.69) is 12.0 Å². The van der Waals surface area contributed by atoms with Gasteiger partial charge in [-0.3, -0.25) is 4.68 Å². The summed E-state index contributed by atoms with van der Waals surface area (Å²) in [5.41, 5.74) is -0.238. The van der Waals surface area contributed by atoms with Gasteiger partial charge in [-0.05, 0) is 38.5 Å². The molecular formula is C13H22N2O2. The summed E-state index contributed by atoms with van der Waals surface area (Å²) in [7, 11) is 0. The second-order valence-electron chi connectivity index (χ2n) is 5.32. The van der Waals surface area contributed by atoms with Crippen molar-refractivity contribution in [3.8, 4) is 0 Å². The van der Waals surface area contributed by atoms with Crippen LogP contribution in [0.2, 0.25) is 0 Å². The fourth-order valence-electron chi connectivity index (χ4n) is 2.54. The Morgan fingerprint density at radius 1 is 1.53 bits per heavy atom. The first-order valence-electron chi connectivity index (χ1n) is 6.48. The van der Waals surface area contributed by atoms with Crippen molar-refractivity contribution in [1.29, 1.82) is 0 Å². The average Bonchev–Trinajstić information content (AvgIpc) is 2.81. The molecule has 0 aliphatic heterocycles. The maximum absolute atomic E-state index is 10.5. The summed E-state index contributed by atoms with van der Waals surface area (Å²) in [6.45, 7) is 4.98. The van der Waals surface area contributed by atoms with Crippen LogP contribution in [0.1, 0.15) is 51.2 Å². The number of hydrogen-bond donors (Lipinski definition) is 2. The van der Waals surface area contributed by atoms with Gasteiger partial charge in [-0.1, -0.05) is 6.92 Å². The van der Waals surface area contributed by atoms with E-state index in [0.717, 1.165) is 24.9 Å². The predicted molar refractivity (Wildman–Crippen MR) is 65.4 cm³/mol. The first-order valence-corrected chi connectivity index (χ1v) is 6.48. The fourth-order valence-corrected chi connectivity index (χ4v) is 2.54. The summed E-state index contributed by atoms with van der Waals surface area (Å²) in [6, 6.07) is 0. The Morgan fingerprint density at radius 3 is 2.71 bits per heavy atom. The molecule has 1 heterocycles. The highest BCUT2D eigenvalue weighted by molar-refractivity contribution is 5.13. The lowest BCUT2D eigenvalue weighted by Gasteiger charge is -2.38. The quantitative estimate of drug-likeness (QED) is 0.845. The summed E-state index contributed by atoms with van der Waals surface area (Å²) in [6.07, 6.45) is 5.98. The summed E-state index contributed by atoms with van der Waals surface area (Å²) in [5.74, 6) is 0.654. The zero-order valence-corrected chi connectivity index (χ0v) is 10.6. The number of aromatic nitrogens is 2. The molecule has 1 fully saturated rings. The Morgan fingerprint density at radius 2 is 2.18 bits per heavy atom. The highest BCUT2D eigenvalue weighted by atomic mass is 16.3. The van der Waals surface area contributed by atoms with Gasteiger partial charge in [0, 0.05) is 18.3 Å². The molecule has 0 aromatic carbocycles. The van der Waals surface area contributed by atoms with Crippen LogP contribution in [0.15, 0.2) is 12.4 Å². The van der Waals surface area contributed by atoms with Crippen molar-refractivity contribution in [2.24, 2.45) is 5.92 Å². The van der Waals surface area contributed by atoms with E-state index >= 15 is 0 Å². The van der Waals surface area contributed by atoms with Crippen molar-refractivity contribution in [1.82, 2.24) is 9.78 Å². The van der Waals surface area contributed by atoms with Gasteiger partial charge in [0.25, 0.3) is 0 Å². The zero-order chi connectivity index (χ0) is 12.5. The molecule has 1 aliphatic carbocycles. The largest absolute Gasteiger partial charge is 0.387 e. The second-order valence-corrected chi connectivity index (χ2v) is 5.32. The van der Waals surface area contributed by atoms with Crippen LogP contribution in [0.4, 0.5) is 0 Å². The first-order chi connectivity index (χ1) is 8.05. The van der Waals surface area contributed by atoms with Gasteiger partial charge in [0.1, 0.15) is 6.10 Å². The topological polar surface area (TPSA) is 58.3 Å². The van der Waals surface area contributed by atoms with Gasteiger partial charge in [0.15, 0.2) is 0 Å². The van der Waals surface area contributed by atoms with Gasteiger partial charge < -0.3 is 10.2 Å². The molecule has 96 valence electrons. The highest BCUT2D eigenvalue weighted by Crippen LogP contribution is 2.40. The minimum atomic E-state index is -0.964. The van der Waals surface area contributed by atoms with Crippen molar-refractivity contribution < 1.29 is 10.2 Å². The molecule has 0 spiro atoms. The van der Waals surface area contributed by atoms with E-state index in [-0.39, 0.29) is 0 Å². The fraction of sp³-hybridized carbons (Fsp3) is 0.769. The molecule has 0 radical (unpaired) electrons. The Hall–Kier alpha value is -0.870. The monoisotopic (exact) mass is 238 g/mol. The van der Waals surface area contributed by atoms with Gasteiger partial charge in [-0.2, -0.15) is 5.10 Å². The van der Waals surface area contributed by atoms with E-state index < -0.39 is 11.7 Å². The molecule has 1 aliphatic rings. The third-order valence-electron chi connectivity index (χ3n) is 3.94. The van der Waals surface area contributed by atoms with Crippen molar-refractivity contribution >= 4 is 0 Å². The summed E-state index contributed by atoms with van der Waals surface area (Å²) >= 11 is 0. The Kier molecular flexibility index (Phi) is 3.54. The Bertz CT molecular complexity index is 367. The maximum atomic E-state index is 10.5. The number of rotatable bonds is 3. The van der Waals surface area contributed by atoms with Gasteiger partial charge in [-0.25, -0.2) is 0 Å². The summed E-state index contributed by atoms with van der Waals surface area (Å²) < 4.78 is 1.77. The standard InChI is InChI=1S/C13H22N2O2/c1-3-15-9-11(8-14-15)12(16)13(17)6-4-10(2)5-7-13/h8-10,12,16-17H,3-7H2,1-2H3. The molecule has 1 aromatic rings. The number of aliphatic hydroxyl groups excluding tert-OH is 1. The predicted octanol–water partition coefficient (Wildman–Crippen LogP) is 1.88. The minimum Gasteiger partial charge on any atom is -0.387 e. The normalized spacial score (nSPS) is 31.4. The zero-order valence-electron chi connectivity index (χ0n) is 10.6. The van der Waals surface area contributed by atoms with E-state index in [1.165, 1.54) is 0 Å². The van der Waals surface area contributed by atoms with Gasteiger partial charge in [0.05, 0.1) is 11.8 Å². The van der Waals surface area contributed by atoms with Crippen molar-refractivity contribution in [3.63, 3.8) is 0 Å². The van der Waals surface area contributed by atoms with E-state index in [1.54, 1.807) is 10.9 Å². The molecule has 2 N–H and O–H groups in total. The second kappa shape index (κ2) is 4.78. The smallest absolute Gasteiger partial charge is 0.111 e. The molecular weight excluding hydrogens is 216 g/mol. The van der Waals surface area contributed by atoms with Crippen LogP contribution in [0.25, 0.3) is 0 Å². The average molecular weight is 238 g/mol. The number of hydrogen-bond acceptors (Lipinski definition) is 3. The number of aliphatic hydroxyl groups is 2. The molecule has 1 atom stereocenters. The van der Waals surface area contributed by atoms with Crippen LogP contribution >= 0.6 is 0 Å². The van der Waals surface area contributed by atoms with E-state index in [4.69, 9.17) is 0 Å². The van der Waals surface area contributed by atoms with Gasteiger partial charge >= 0.3 is 0 Å². The molecule has 1 saturated carbocycles. The van der Waals surface area contributed by atoms with Crippen LogP contribution in [-0.4, -0.2) is 25.6 Å². The molecule has 4 heteroatoms. The highest BCUT2D eigenvalue weighted by Gasteiger charge is 2.39. The third kappa shape index (κ3) is 2.53. The SMILES string of the molecule is CCn1cc(C(O)C2(O)CCC(C)CC2)cn1. The number of nitrogens with zero attached hydrogens (tertiary/aromatic N) is 2. The Balaban J connectivity index is 2.10. The van der Waals surface area contributed by atoms with Crippen LogP contribution in [0.5, 0.6) is 0 Å². The molecule has 1 aromatic heterocycles.